The SMILES string of the molecule is Cc1nc(-c2ccc(OS(=O)(=O)C3=Cc4ccccc4CC3)cc2)no1. The van der Waals surface area contributed by atoms with E-state index in [0.717, 1.165) is 16.7 Å². The van der Waals surface area contributed by atoms with Crippen LogP contribution in [0.4, 0.5) is 0 Å². The molecule has 4 rings (SSSR count). The van der Waals surface area contributed by atoms with E-state index in [0.29, 0.717) is 24.6 Å². The molecule has 6 nitrogen and oxygen atoms in total. The molecule has 1 heterocycles. The molecule has 132 valence electrons. The fourth-order valence-corrected chi connectivity index (χ4v) is 3.95. The van der Waals surface area contributed by atoms with Crippen molar-refractivity contribution in [2.24, 2.45) is 0 Å². The molecule has 3 aromatic rings. The Morgan fingerprint density at radius 3 is 2.54 bits per heavy atom. The number of rotatable bonds is 4. The number of benzene rings is 2. The Morgan fingerprint density at radius 2 is 1.81 bits per heavy atom. The maximum Gasteiger partial charge on any atom is 0.335 e. The summed E-state index contributed by atoms with van der Waals surface area (Å²) in [5, 5.41) is 3.83. The first-order valence-electron chi connectivity index (χ1n) is 8.15. The molecule has 0 N–H and O–H groups in total. The van der Waals surface area contributed by atoms with E-state index in [1.54, 1.807) is 37.3 Å². The summed E-state index contributed by atoms with van der Waals surface area (Å²) in [5.74, 6) is 1.16. The molecule has 2 aromatic carbocycles. The van der Waals surface area contributed by atoms with Crippen molar-refractivity contribution in [3.8, 4) is 17.1 Å². The first-order valence-corrected chi connectivity index (χ1v) is 9.56. The van der Waals surface area contributed by atoms with Gasteiger partial charge in [0.25, 0.3) is 0 Å². The Labute approximate surface area is 151 Å². The first kappa shape index (κ1) is 16.5. The van der Waals surface area contributed by atoms with Crippen molar-refractivity contribution in [1.82, 2.24) is 10.1 Å². The summed E-state index contributed by atoms with van der Waals surface area (Å²) in [6, 6.07) is 14.3. The molecule has 0 bridgehead atoms. The highest BCUT2D eigenvalue weighted by Crippen LogP contribution is 2.29. The van der Waals surface area contributed by atoms with E-state index in [-0.39, 0.29) is 10.7 Å². The maximum absolute atomic E-state index is 12.6. The van der Waals surface area contributed by atoms with Crippen molar-refractivity contribution >= 4 is 16.2 Å². The van der Waals surface area contributed by atoms with E-state index in [2.05, 4.69) is 10.1 Å². The average Bonchev–Trinajstić information content (AvgIpc) is 3.08. The summed E-state index contributed by atoms with van der Waals surface area (Å²) in [5.41, 5.74) is 2.78. The third kappa shape index (κ3) is 3.25. The summed E-state index contributed by atoms with van der Waals surface area (Å²) < 4.78 is 35.4. The lowest BCUT2D eigenvalue weighted by molar-refractivity contribution is 0.394. The van der Waals surface area contributed by atoms with Crippen LogP contribution in [-0.4, -0.2) is 18.6 Å². The molecule has 0 atom stereocenters. The fourth-order valence-electron chi connectivity index (χ4n) is 2.86. The second-order valence-corrected chi connectivity index (χ2v) is 7.61. The summed E-state index contributed by atoms with van der Waals surface area (Å²) in [4.78, 5) is 4.42. The topological polar surface area (TPSA) is 82.3 Å². The minimum Gasteiger partial charge on any atom is -0.379 e. The van der Waals surface area contributed by atoms with Crippen LogP contribution >= 0.6 is 0 Å². The van der Waals surface area contributed by atoms with Gasteiger partial charge < -0.3 is 8.71 Å². The summed E-state index contributed by atoms with van der Waals surface area (Å²) in [7, 11) is -3.84. The van der Waals surface area contributed by atoms with Crippen LogP contribution in [0.1, 0.15) is 23.4 Å². The van der Waals surface area contributed by atoms with Gasteiger partial charge in [0.05, 0.1) is 4.91 Å². The Balaban J connectivity index is 1.56. The van der Waals surface area contributed by atoms with Crippen molar-refractivity contribution in [3.05, 3.63) is 70.5 Å². The van der Waals surface area contributed by atoms with Gasteiger partial charge in [-0.1, -0.05) is 29.4 Å². The monoisotopic (exact) mass is 368 g/mol. The lowest BCUT2D eigenvalue weighted by atomic mass is 9.98. The number of hydrogen-bond donors (Lipinski definition) is 0. The van der Waals surface area contributed by atoms with Crippen LogP contribution < -0.4 is 4.18 Å². The van der Waals surface area contributed by atoms with Gasteiger partial charge in [-0.15, -0.1) is 0 Å². The lowest BCUT2D eigenvalue weighted by Gasteiger charge is -2.16. The molecule has 0 amide bonds. The van der Waals surface area contributed by atoms with Crippen molar-refractivity contribution in [2.45, 2.75) is 19.8 Å². The maximum atomic E-state index is 12.6. The molecule has 7 heteroatoms. The van der Waals surface area contributed by atoms with Crippen LogP contribution in [0.25, 0.3) is 17.5 Å². The van der Waals surface area contributed by atoms with Crippen LogP contribution in [0.3, 0.4) is 0 Å². The van der Waals surface area contributed by atoms with E-state index in [4.69, 9.17) is 8.71 Å². The second-order valence-electron chi connectivity index (χ2n) is 6.01. The number of hydrogen-bond acceptors (Lipinski definition) is 6. The van der Waals surface area contributed by atoms with Gasteiger partial charge in [0, 0.05) is 12.5 Å². The zero-order chi connectivity index (χ0) is 18.1. The molecule has 0 fully saturated rings. The molecule has 0 unspecified atom stereocenters. The van der Waals surface area contributed by atoms with E-state index >= 15 is 0 Å². The largest absolute Gasteiger partial charge is 0.379 e. The van der Waals surface area contributed by atoms with E-state index in [9.17, 15) is 8.42 Å². The zero-order valence-corrected chi connectivity index (χ0v) is 14.9. The van der Waals surface area contributed by atoms with Crippen molar-refractivity contribution < 1.29 is 17.1 Å². The molecular formula is C19H16N2O4S. The van der Waals surface area contributed by atoms with Crippen molar-refractivity contribution in [2.75, 3.05) is 0 Å². The van der Waals surface area contributed by atoms with Crippen LogP contribution in [0.15, 0.2) is 58.0 Å². The van der Waals surface area contributed by atoms with Gasteiger partial charge >= 0.3 is 10.1 Å². The average molecular weight is 368 g/mol. The van der Waals surface area contributed by atoms with Gasteiger partial charge in [-0.05, 0) is 54.3 Å². The molecule has 0 radical (unpaired) electrons. The molecular weight excluding hydrogens is 352 g/mol. The molecule has 0 aliphatic heterocycles. The highest BCUT2D eigenvalue weighted by Gasteiger charge is 2.23. The standard InChI is InChI=1S/C19H16N2O4S/c1-13-20-19(21-24-13)15-6-9-17(10-7-15)25-26(22,23)18-11-8-14-4-2-3-5-16(14)12-18/h2-7,9-10,12H,8,11H2,1H3. The predicted octanol–water partition coefficient (Wildman–Crippen LogP) is 3.74. The predicted molar refractivity (Wildman–Crippen MR) is 96.8 cm³/mol. The highest BCUT2D eigenvalue weighted by atomic mass is 32.2. The number of nitrogens with zero attached hydrogens (tertiary/aromatic N) is 2. The molecule has 26 heavy (non-hydrogen) atoms. The molecule has 0 spiro atoms. The van der Waals surface area contributed by atoms with Gasteiger partial charge in [0.1, 0.15) is 5.75 Å². The molecule has 1 aliphatic rings. The summed E-state index contributed by atoms with van der Waals surface area (Å²) in [6.07, 6.45) is 2.80. The zero-order valence-electron chi connectivity index (χ0n) is 14.0. The van der Waals surface area contributed by atoms with Gasteiger partial charge in [0.2, 0.25) is 11.7 Å². The van der Waals surface area contributed by atoms with Crippen molar-refractivity contribution in [3.63, 3.8) is 0 Å². The normalized spacial score (nSPS) is 13.8. The first-order chi connectivity index (χ1) is 12.5. The van der Waals surface area contributed by atoms with Gasteiger partial charge in [-0.2, -0.15) is 13.4 Å². The Morgan fingerprint density at radius 1 is 1.04 bits per heavy atom. The number of aromatic nitrogens is 2. The number of allylic oxidation sites excluding steroid dienone is 1. The third-order valence-electron chi connectivity index (χ3n) is 4.18. The van der Waals surface area contributed by atoms with Gasteiger partial charge in [-0.3, -0.25) is 0 Å². The quantitative estimate of drug-likeness (QED) is 0.653. The van der Waals surface area contributed by atoms with E-state index in [1.165, 1.54) is 0 Å². The number of fused-ring (bicyclic) bond motifs is 1. The molecule has 0 saturated carbocycles. The smallest absolute Gasteiger partial charge is 0.335 e. The lowest BCUT2D eigenvalue weighted by Crippen LogP contribution is -2.15. The van der Waals surface area contributed by atoms with Gasteiger partial charge in [-0.25, -0.2) is 0 Å². The Bertz CT molecular complexity index is 1080. The van der Waals surface area contributed by atoms with E-state index < -0.39 is 10.1 Å². The highest BCUT2D eigenvalue weighted by molar-refractivity contribution is 7.91. The fraction of sp³-hybridized carbons (Fsp3) is 0.158. The molecule has 0 saturated heterocycles. The Kier molecular flexibility index (Phi) is 4.08. The summed E-state index contributed by atoms with van der Waals surface area (Å²) >= 11 is 0. The minimum absolute atomic E-state index is 0.244. The van der Waals surface area contributed by atoms with Gasteiger partial charge in [0.15, 0.2) is 0 Å². The Hall–Kier alpha value is -2.93. The van der Waals surface area contributed by atoms with Crippen LogP contribution in [0, 0.1) is 6.92 Å². The molecule has 1 aliphatic carbocycles. The minimum atomic E-state index is -3.84. The molecule has 1 aromatic heterocycles. The van der Waals surface area contributed by atoms with Crippen molar-refractivity contribution in [1.29, 1.82) is 0 Å². The second kappa shape index (κ2) is 6.42. The van der Waals surface area contributed by atoms with E-state index in [1.807, 2.05) is 24.3 Å². The van der Waals surface area contributed by atoms with Crippen LogP contribution in [-0.2, 0) is 16.5 Å². The van der Waals surface area contributed by atoms with Crippen LogP contribution in [0.5, 0.6) is 5.75 Å². The third-order valence-corrected chi connectivity index (χ3v) is 5.56. The van der Waals surface area contributed by atoms with Crippen LogP contribution in [0.2, 0.25) is 0 Å². The number of aryl methyl sites for hydroxylation is 2. The summed E-state index contributed by atoms with van der Waals surface area (Å²) in [6.45, 7) is 1.70.